The number of benzene rings is 2. The summed E-state index contributed by atoms with van der Waals surface area (Å²) >= 11 is 0. The molecule has 0 saturated heterocycles. The first-order valence-electron chi connectivity index (χ1n) is 12.9. The average molecular weight is 592 g/mol. The molecule has 5 rings (SSSR count). The maximum Gasteiger partial charge on any atom is 0.417 e. The van der Waals surface area contributed by atoms with E-state index < -0.39 is 47.1 Å². The van der Waals surface area contributed by atoms with Gasteiger partial charge in [0.05, 0.1) is 34.4 Å². The van der Waals surface area contributed by atoms with Crippen molar-refractivity contribution in [2.24, 2.45) is 7.05 Å². The molecule has 2 aromatic carbocycles. The standard InChI is InChI=1S/C28H21F6N3O3.C2H6/c1-13-7-21(27(39)14-8-18(29)24(31)19(30)9-14)37-6-4-5-15(26(13)37)23-16(11-38)25-20(10-17(23)28(32,33)34)36(2)22(35-25)12-40-3;1-2/h4-10,38H,11-12H2,1-3H3;1-2H3. The zero-order valence-corrected chi connectivity index (χ0v) is 23.3. The van der Waals surface area contributed by atoms with Crippen LogP contribution in [0.25, 0.3) is 27.7 Å². The summed E-state index contributed by atoms with van der Waals surface area (Å²) in [5.41, 5.74) is -1.10. The summed E-state index contributed by atoms with van der Waals surface area (Å²) in [5, 5.41) is 10.3. The summed E-state index contributed by atoms with van der Waals surface area (Å²) in [6.07, 6.45) is -3.43. The third kappa shape index (κ3) is 5.05. The Balaban J connectivity index is 0.00000198. The second-order valence-electron chi connectivity index (χ2n) is 9.26. The number of aromatic nitrogens is 3. The van der Waals surface area contributed by atoms with Crippen molar-refractivity contribution in [1.82, 2.24) is 14.0 Å². The number of imidazole rings is 1. The van der Waals surface area contributed by atoms with E-state index in [1.54, 1.807) is 14.0 Å². The molecule has 0 bridgehead atoms. The minimum atomic E-state index is -4.84. The molecule has 5 aromatic rings. The SMILES string of the molecule is CC.COCc1nc2c(CO)c(-c3cccn4c(C(=O)c5cc(F)c(F)c(F)c5)cc(C)c34)c(C(F)(F)F)cc2n1C. The van der Waals surface area contributed by atoms with Gasteiger partial charge >= 0.3 is 6.18 Å². The molecule has 0 radical (unpaired) electrons. The number of aliphatic hydroxyl groups is 1. The van der Waals surface area contributed by atoms with Crippen molar-refractivity contribution in [2.45, 2.75) is 40.2 Å². The molecule has 0 aliphatic carbocycles. The lowest BCUT2D eigenvalue weighted by Gasteiger charge is -2.19. The highest BCUT2D eigenvalue weighted by atomic mass is 19.4. The van der Waals surface area contributed by atoms with Crippen LogP contribution in [-0.4, -0.2) is 32.0 Å². The Morgan fingerprint density at radius 1 is 1.07 bits per heavy atom. The number of aryl methyl sites for hydroxylation is 2. The highest BCUT2D eigenvalue weighted by Gasteiger charge is 2.37. The van der Waals surface area contributed by atoms with Crippen LogP contribution in [-0.2, 0) is 31.2 Å². The molecule has 0 fully saturated rings. The Morgan fingerprint density at radius 2 is 1.71 bits per heavy atom. The van der Waals surface area contributed by atoms with Gasteiger partial charge in [-0.05, 0) is 42.8 Å². The van der Waals surface area contributed by atoms with Crippen LogP contribution in [0.15, 0.2) is 42.6 Å². The molecule has 0 amide bonds. The maximum atomic E-state index is 14.5. The second kappa shape index (κ2) is 11.6. The quantitative estimate of drug-likeness (QED) is 0.130. The Kier molecular flexibility index (Phi) is 8.51. The normalized spacial score (nSPS) is 11.7. The van der Waals surface area contributed by atoms with Crippen molar-refractivity contribution >= 4 is 22.3 Å². The number of hydrogen-bond acceptors (Lipinski definition) is 4. The molecule has 0 atom stereocenters. The molecule has 3 aromatic heterocycles. The van der Waals surface area contributed by atoms with Crippen molar-refractivity contribution < 1.29 is 41.0 Å². The number of rotatable bonds is 6. The van der Waals surface area contributed by atoms with E-state index in [2.05, 4.69) is 4.98 Å². The molecule has 0 saturated carbocycles. The number of ketones is 1. The molecule has 0 aliphatic heterocycles. The van der Waals surface area contributed by atoms with E-state index >= 15 is 0 Å². The summed E-state index contributed by atoms with van der Waals surface area (Å²) in [6, 6.07) is 6.25. The number of halogens is 6. The number of fused-ring (bicyclic) bond motifs is 2. The van der Waals surface area contributed by atoms with Crippen LogP contribution in [0.3, 0.4) is 0 Å². The van der Waals surface area contributed by atoms with Gasteiger partial charge in [-0.25, -0.2) is 18.2 Å². The lowest BCUT2D eigenvalue weighted by Crippen LogP contribution is -2.11. The molecule has 6 nitrogen and oxygen atoms in total. The number of ether oxygens (including phenoxy) is 1. The van der Waals surface area contributed by atoms with Crippen LogP contribution in [0.5, 0.6) is 0 Å². The largest absolute Gasteiger partial charge is 0.417 e. The van der Waals surface area contributed by atoms with E-state index in [4.69, 9.17) is 4.74 Å². The fourth-order valence-corrected chi connectivity index (χ4v) is 5.05. The first kappa shape index (κ1) is 30.8. The van der Waals surface area contributed by atoms with Gasteiger partial charge in [-0.1, -0.05) is 19.9 Å². The molecule has 0 aliphatic rings. The number of hydrogen-bond donors (Lipinski definition) is 1. The van der Waals surface area contributed by atoms with Gasteiger partial charge in [0.1, 0.15) is 12.4 Å². The monoisotopic (exact) mass is 591 g/mol. The van der Waals surface area contributed by atoms with Gasteiger partial charge in [-0.2, -0.15) is 13.2 Å². The van der Waals surface area contributed by atoms with Crippen molar-refractivity contribution in [1.29, 1.82) is 0 Å². The summed E-state index contributed by atoms with van der Waals surface area (Å²) in [5.74, 6) is -5.37. The average Bonchev–Trinajstić information content (AvgIpc) is 3.47. The Morgan fingerprint density at radius 3 is 2.29 bits per heavy atom. The lowest BCUT2D eigenvalue weighted by atomic mass is 9.92. The van der Waals surface area contributed by atoms with Crippen molar-refractivity contribution in [2.75, 3.05) is 7.11 Å². The number of nitrogens with zero attached hydrogens (tertiary/aromatic N) is 3. The van der Waals surface area contributed by atoms with E-state index in [0.29, 0.717) is 23.5 Å². The highest BCUT2D eigenvalue weighted by Crippen LogP contribution is 2.44. The van der Waals surface area contributed by atoms with Crippen LogP contribution in [0.1, 0.15) is 52.4 Å². The van der Waals surface area contributed by atoms with E-state index in [-0.39, 0.29) is 45.5 Å². The first-order chi connectivity index (χ1) is 19.9. The number of methoxy groups -OCH3 is 1. The fraction of sp³-hybridized carbons (Fsp3) is 0.267. The third-order valence-corrected chi connectivity index (χ3v) is 6.84. The van der Waals surface area contributed by atoms with Crippen LogP contribution in [0, 0.1) is 24.4 Å². The van der Waals surface area contributed by atoms with Gasteiger partial charge in [0.15, 0.2) is 17.5 Å². The van der Waals surface area contributed by atoms with Crippen LogP contribution >= 0.6 is 0 Å². The fourth-order valence-electron chi connectivity index (χ4n) is 5.05. The lowest BCUT2D eigenvalue weighted by molar-refractivity contribution is -0.137. The van der Waals surface area contributed by atoms with Gasteiger partial charge in [-0.3, -0.25) is 4.79 Å². The molecule has 42 heavy (non-hydrogen) atoms. The first-order valence-corrected chi connectivity index (χ1v) is 12.9. The minimum Gasteiger partial charge on any atom is -0.392 e. The topological polar surface area (TPSA) is 68.8 Å². The van der Waals surface area contributed by atoms with Crippen molar-refractivity contribution in [3.8, 4) is 11.1 Å². The molecular formula is C30H27F6N3O3. The number of alkyl halides is 3. The summed E-state index contributed by atoms with van der Waals surface area (Å²) in [4.78, 5) is 17.7. The molecule has 222 valence electrons. The zero-order chi connectivity index (χ0) is 31.1. The minimum absolute atomic E-state index is 0.0240. The van der Waals surface area contributed by atoms with Crippen molar-refractivity contribution in [3.63, 3.8) is 0 Å². The molecule has 12 heteroatoms. The molecule has 1 N–H and O–H groups in total. The zero-order valence-electron chi connectivity index (χ0n) is 23.3. The van der Waals surface area contributed by atoms with E-state index in [9.17, 15) is 36.2 Å². The third-order valence-electron chi connectivity index (χ3n) is 6.84. The predicted octanol–water partition coefficient (Wildman–Crippen LogP) is 7.13. The Labute approximate surface area is 236 Å². The van der Waals surface area contributed by atoms with Gasteiger partial charge in [0.25, 0.3) is 0 Å². The van der Waals surface area contributed by atoms with Crippen LogP contribution in [0.2, 0.25) is 0 Å². The van der Waals surface area contributed by atoms with Gasteiger partial charge in [0.2, 0.25) is 5.78 Å². The summed E-state index contributed by atoms with van der Waals surface area (Å²) in [6.45, 7) is 4.80. The highest BCUT2D eigenvalue weighted by molar-refractivity contribution is 6.09. The molecule has 3 heterocycles. The summed E-state index contributed by atoms with van der Waals surface area (Å²) < 4.78 is 92.6. The molecule has 0 unspecified atom stereocenters. The van der Waals surface area contributed by atoms with E-state index in [1.165, 1.54) is 40.5 Å². The van der Waals surface area contributed by atoms with Gasteiger partial charge in [0, 0.05) is 42.6 Å². The van der Waals surface area contributed by atoms with Crippen molar-refractivity contribution in [3.05, 3.63) is 93.8 Å². The van der Waals surface area contributed by atoms with Crippen LogP contribution in [0.4, 0.5) is 26.3 Å². The number of carbonyl (C=O) groups excluding carboxylic acids is 1. The second-order valence-corrected chi connectivity index (χ2v) is 9.26. The predicted molar refractivity (Wildman–Crippen MR) is 145 cm³/mol. The van der Waals surface area contributed by atoms with E-state index in [1.807, 2.05) is 13.8 Å². The van der Waals surface area contributed by atoms with Crippen LogP contribution < -0.4 is 0 Å². The number of carbonyl (C=O) groups is 1. The number of pyridine rings is 1. The number of aliphatic hydroxyl groups excluding tert-OH is 1. The smallest absolute Gasteiger partial charge is 0.392 e. The van der Waals surface area contributed by atoms with E-state index in [0.717, 1.165) is 6.07 Å². The molecular weight excluding hydrogens is 564 g/mol. The summed E-state index contributed by atoms with van der Waals surface area (Å²) in [7, 11) is 2.96. The van der Waals surface area contributed by atoms with Gasteiger partial charge < -0.3 is 18.8 Å². The molecule has 0 spiro atoms. The maximum absolute atomic E-state index is 14.5. The van der Waals surface area contributed by atoms with Gasteiger partial charge in [-0.15, -0.1) is 0 Å². The Bertz CT molecular complexity index is 1800. The Hall–Kier alpha value is -4.16.